The molecule has 7 atom stereocenters. The van der Waals surface area contributed by atoms with Crippen LogP contribution in [0.25, 0.3) is 0 Å². The zero-order valence-electron chi connectivity index (χ0n) is 37.6. The third-order valence-electron chi connectivity index (χ3n) is 13.0. The highest BCUT2D eigenvalue weighted by atomic mass is 16.6. The number of morpholine rings is 1. The van der Waals surface area contributed by atoms with E-state index in [1.807, 2.05) is 127 Å². The molecule has 3 N–H and O–H groups in total. The van der Waals surface area contributed by atoms with Crippen LogP contribution >= 0.6 is 0 Å². The number of hydrogen-bond acceptors (Lipinski definition) is 9. The Balaban J connectivity index is 1.33. The lowest BCUT2D eigenvalue weighted by Gasteiger charge is -2.46. The summed E-state index contributed by atoms with van der Waals surface area (Å²) in [5.74, 6) is 4.11. The number of ether oxygens (including phenoxy) is 3. The largest absolute Gasteiger partial charge is 0.497 e. The van der Waals surface area contributed by atoms with E-state index in [2.05, 4.69) is 29.1 Å². The van der Waals surface area contributed by atoms with E-state index in [4.69, 9.17) is 14.2 Å². The Morgan fingerprint density at radius 3 is 2.06 bits per heavy atom. The van der Waals surface area contributed by atoms with Crippen molar-refractivity contribution in [2.45, 2.75) is 42.6 Å². The Labute approximate surface area is 395 Å². The fourth-order valence-electron chi connectivity index (χ4n) is 10.1. The first-order valence-electron chi connectivity index (χ1n) is 22.5. The molecule has 342 valence electrons. The minimum absolute atomic E-state index is 0.0245. The van der Waals surface area contributed by atoms with Crippen LogP contribution in [-0.4, -0.2) is 66.7 Å². The summed E-state index contributed by atoms with van der Waals surface area (Å²) in [6.07, 6.45) is 0.632. The summed E-state index contributed by atoms with van der Waals surface area (Å²) < 4.78 is 17.7. The molecule has 3 heterocycles. The number of methoxy groups -OCH3 is 1. The van der Waals surface area contributed by atoms with Crippen LogP contribution in [0.2, 0.25) is 0 Å². The van der Waals surface area contributed by atoms with Crippen LogP contribution in [0, 0.1) is 17.8 Å². The smallest absolute Gasteiger partial charge is 0.329 e. The van der Waals surface area contributed by atoms with E-state index in [0.717, 1.165) is 16.0 Å². The predicted octanol–water partition coefficient (Wildman–Crippen LogP) is 7.90. The summed E-state index contributed by atoms with van der Waals surface area (Å²) in [5, 5.41) is 15.6. The van der Waals surface area contributed by atoms with Gasteiger partial charge in [0.2, 0.25) is 11.8 Å². The van der Waals surface area contributed by atoms with Gasteiger partial charge in [-0.2, -0.15) is 0 Å². The van der Waals surface area contributed by atoms with Gasteiger partial charge in [0, 0.05) is 17.7 Å². The van der Waals surface area contributed by atoms with E-state index in [1.165, 1.54) is 6.08 Å². The molecule has 68 heavy (non-hydrogen) atoms. The summed E-state index contributed by atoms with van der Waals surface area (Å²) >= 11 is 0. The highest BCUT2D eigenvalue weighted by Gasteiger charge is 2.75. The number of esters is 1. The van der Waals surface area contributed by atoms with Crippen molar-refractivity contribution in [3.05, 3.63) is 209 Å². The number of imide groups is 1. The lowest BCUT2D eigenvalue weighted by Crippen LogP contribution is -2.56. The van der Waals surface area contributed by atoms with E-state index in [-0.39, 0.29) is 25.4 Å². The second-order valence-corrected chi connectivity index (χ2v) is 16.9. The van der Waals surface area contributed by atoms with Crippen molar-refractivity contribution in [1.82, 2.24) is 15.5 Å². The number of rotatable bonds is 12. The number of aliphatic hydroxyl groups is 1. The normalized spacial score (nSPS) is 21.9. The van der Waals surface area contributed by atoms with Crippen molar-refractivity contribution in [2.24, 2.45) is 5.92 Å². The number of aliphatic hydroxyl groups excluding tert-OH is 1. The number of urea groups is 1. The lowest BCUT2D eigenvalue weighted by molar-refractivity contribution is -0.178. The molecule has 6 aromatic carbocycles. The van der Waals surface area contributed by atoms with Gasteiger partial charge in [-0.05, 0) is 89.3 Å². The number of cyclic esters (lactones) is 1. The van der Waals surface area contributed by atoms with Gasteiger partial charge in [0.05, 0.1) is 43.4 Å². The third kappa shape index (κ3) is 8.16. The molecule has 0 aliphatic carbocycles. The van der Waals surface area contributed by atoms with Gasteiger partial charge in [-0.1, -0.05) is 121 Å². The zero-order chi connectivity index (χ0) is 47.4. The van der Waals surface area contributed by atoms with Crippen molar-refractivity contribution in [1.29, 1.82) is 0 Å². The SMILES string of the molecule is C=CCNC(=O)C1C2C(=O)OC(c3ccccc3)C(c3ccccc3)N2C(c2ccc(OCCO)cc2)C12C(=O)N(C(=O)NC(C)c1ccccc1)c1ccc(C#Cc3ccc(OC)cc3)cc12. The summed E-state index contributed by atoms with van der Waals surface area (Å²) in [6, 6.07) is 43.5. The van der Waals surface area contributed by atoms with Crippen molar-refractivity contribution in [3.8, 4) is 23.3 Å². The molecule has 9 rings (SSSR count). The topological polar surface area (TPSA) is 147 Å². The van der Waals surface area contributed by atoms with Gasteiger partial charge < -0.3 is 30.0 Å². The summed E-state index contributed by atoms with van der Waals surface area (Å²) in [5.41, 5.74) is 2.63. The second kappa shape index (κ2) is 19.5. The number of hydrogen-bond donors (Lipinski definition) is 3. The van der Waals surface area contributed by atoms with Crippen molar-refractivity contribution >= 4 is 29.5 Å². The van der Waals surface area contributed by atoms with Gasteiger partial charge >= 0.3 is 12.0 Å². The Hall–Kier alpha value is -7.98. The summed E-state index contributed by atoms with van der Waals surface area (Å²) in [6.45, 7) is 5.54. The Morgan fingerprint density at radius 2 is 1.41 bits per heavy atom. The molecule has 1 spiro atoms. The van der Waals surface area contributed by atoms with E-state index >= 15 is 19.2 Å². The number of carbonyl (C=O) groups excluding carboxylic acids is 4. The minimum Gasteiger partial charge on any atom is -0.497 e. The first kappa shape index (κ1) is 45.2. The van der Waals surface area contributed by atoms with Gasteiger partial charge in [0.1, 0.15) is 35.7 Å². The van der Waals surface area contributed by atoms with Crippen LogP contribution < -0.4 is 25.0 Å². The minimum atomic E-state index is -1.98. The van der Waals surface area contributed by atoms with Crippen LogP contribution in [0.5, 0.6) is 11.5 Å². The summed E-state index contributed by atoms with van der Waals surface area (Å²) in [4.78, 5) is 65.3. The van der Waals surface area contributed by atoms with Gasteiger partial charge in [-0.15, -0.1) is 6.58 Å². The maximum Gasteiger partial charge on any atom is 0.329 e. The predicted molar refractivity (Wildman–Crippen MR) is 257 cm³/mol. The molecule has 0 radical (unpaired) electrons. The van der Waals surface area contributed by atoms with E-state index < -0.39 is 65.4 Å². The Morgan fingerprint density at radius 1 is 0.794 bits per heavy atom. The average Bonchev–Trinajstić information content (AvgIpc) is 3.84. The average molecular weight is 907 g/mol. The molecule has 6 aromatic rings. The van der Waals surface area contributed by atoms with Crippen LogP contribution in [-0.2, 0) is 24.5 Å². The van der Waals surface area contributed by atoms with E-state index in [0.29, 0.717) is 39.3 Å². The lowest BCUT2D eigenvalue weighted by atomic mass is 9.65. The first-order chi connectivity index (χ1) is 33.2. The molecular weight excluding hydrogens is 857 g/mol. The van der Waals surface area contributed by atoms with Crippen LogP contribution in [0.15, 0.2) is 170 Å². The highest BCUT2D eigenvalue weighted by Crippen LogP contribution is 2.66. The maximum atomic E-state index is 16.5. The van der Waals surface area contributed by atoms with E-state index in [1.54, 1.807) is 49.6 Å². The van der Waals surface area contributed by atoms with E-state index in [9.17, 15) is 5.11 Å². The molecule has 0 bridgehead atoms. The molecule has 0 aromatic heterocycles. The van der Waals surface area contributed by atoms with Crippen molar-refractivity contribution in [2.75, 3.05) is 31.8 Å². The van der Waals surface area contributed by atoms with Crippen molar-refractivity contribution < 1.29 is 38.5 Å². The molecule has 2 fully saturated rings. The van der Waals surface area contributed by atoms with Gasteiger partial charge in [-0.25, -0.2) is 9.69 Å². The number of carbonyl (C=O) groups is 4. The molecular formula is C56H50N4O8. The molecule has 7 unspecified atom stereocenters. The van der Waals surface area contributed by atoms with Crippen LogP contribution in [0.3, 0.4) is 0 Å². The summed E-state index contributed by atoms with van der Waals surface area (Å²) in [7, 11) is 1.59. The Kier molecular flexibility index (Phi) is 12.9. The fourth-order valence-corrected chi connectivity index (χ4v) is 10.1. The molecule has 4 amide bonds. The van der Waals surface area contributed by atoms with Crippen LogP contribution in [0.1, 0.15) is 70.1 Å². The van der Waals surface area contributed by atoms with Gasteiger partial charge in [0.25, 0.3) is 0 Å². The number of amides is 4. The van der Waals surface area contributed by atoms with Gasteiger partial charge in [0.15, 0.2) is 0 Å². The number of nitrogens with zero attached hydrogens (tertiary/aromatic N) is 2. The molecule has 3 aliphatic rings. The third-order valence-corrected chi connectivity index (χ3v) is 13.0. The van der Waals surface area contributed by atoms with Crippen molar-refractivity contribution in [3.63, 3.8) is 0 Å². The number of benzene rings is 6. The van der Waals surface area contributed by atoms with Crippen LogP contribution in [0.4, 0.5) is 10.5 Å². The number of anilines is 1. The Bertz CT molecular complexity index is 2880. The first-order valence-corrected chi connectivity index (χ1v) is 22.5. The quantitative estimate of drug-likeness (QED) is 0.0634. The standard InChI is InChI=1S/C56H50N4O8/c1-4-32-57-52(62)47-49-53(63)68-50(41-18-12-7-13-19-41)48(40-16-10-6-11-17-40)60(49)51(42-25-29-44(30-26-42)67-34-33-61)56(47)45-35-38(21-20-37-22-27-43(66-3)28-23-37)24-31-46(45)59(54(56)64)55(65)58-36(2)39-14-8-5-9-15-39/h4-19,22-31,35-36,47-51,61H,1,32-34H2,2-3H3,(H,57,62)(H,58,65). The fraction of sp³-hybridized carbons (Fsp3) is 0.214. The molecule has 0 saturated carbocycles. The second-order valence-electron chi connectivity index (χ2n) is 16.9. The molecule has 3 aliphatic heterocycles. The van der Waals surface area contributed by atoms with Gasteiger partial charge in [-0.3, -0.25) is 19.3 Å². The molecule has 12 heteroatoms. The zero-order valence-corrected chi connectivity index (χ0v) is 37.6. The molecule has 2 saturated heterocycles. The monoisotopic (exact) mass is 906 g/mol. The maximum absolute atomic E-state index is 16.5. The highest BCUT2D eigenvalue weighted by molar-refractivity contribution is 6.24. The molecule has 12 nitrogen and oxygen atoms in total. The number of nitrogens with one attached hydrogen (secondary N) is 2. The number of fused-ring (bicyclic) bond motifs is 3.